The second-order valence-electron chi connectivity index (χ2n) is 4.40. The van der Waals surface area contributed by atoms with E-state index >= 15 is 0 Å². The van der Waals surface area contributed by atoms with Crippen LogP contribution in [-0.4, -0.2) is 9.97 Å². The van der Waals surface area contributed by atoms with E-state index in [1.165, 1.54) is 18.2 Å². The van der Waals surface area contributed by atoms with Crippen LogP contribution in [0.4, 0.5) is 19.0 Å². The Labute approximate surface area is 114 Å². The predicted molar refractivity (Wildman–Crippen MR) is 71.0 cm³/mol. The van der Waals surface area contributed by atoms with Crippen molar-refractivity contribution in [3.05, 3.63) is 41.1 Å². The summed E-state index contributed by atoms with van der Waals surface area (Å²) in [5.41, 5.74) is 6.31. The predicted octanol–water partition coefficient (Wildman–Crippen LogP) is 3.62. The summed E-state index contributed by atoms with van der Waals surface area (Å²) in [5, 5.41) is 0. The van der Waals surface area contributed by atoms with E-state index in [1.54, 1.807) is 6.92 Å². The third-order valence-corrected chi connectivity index (χ3v) is 3.09. The fourth-order valence-corrected chi connectivity index (χ4v) is 1.97. The molecule has 3 nitrogen and oxygen atoms in total. The summed E-state index contributed by atoms with van der Waals surface area (Å²) in [5.74, 6) is 0.224. The summed E-state index contributed by atoms with van der Waals surface area (Å²) >= 11 is 0. The molecule has 0 amide bonds. The molecule has 0 radical (unpaired) electrons. The van der Waals surface area contributed by atoms with E-state index in [0.717, 1.165) is 6.07 Å². The Balaban J connectivity index is 2.67. The first-order valence-corrected chi connectivity index (χ1v) is 6.14. The first-order valence-electron chi connectivity index (χ1n) is 6.14. The number of benzene rings is 1. The lowest BCUT2D eigenvalue weighted by Gasteiger charge is -2.13. The summed E-state index contributed by atoms with van der Waals surface area (Å²) in [6, 6.07) is 5.23. The van der Waals surface area contributed by atoms with Gasteiger partial charge in [0, 0.05) is 16.8 Å². The third kappa shape index (κ3) is 2.59. The Hall–Kier alpha value is -2.11. The van der Waals surface area contributed by atoms with Gasteiger partial charge in [-0.3, -0.25) is 0 Å². The highest BCUT2D eigenvalue weighted by atomic mass is 19.4. The van der Waals surface area contributed by atoms with Gasteiger partial charge >= 0.3 is 6.18 Å². The number of halogens is 3. The molecule has 0 aliphatic heterocycles. The zero-order chi connectivity index (χ0) is 14.9. The Bertz CT molecular complexity index is 636. The van der Waals surface area contributed by atoms with Crippen molar-refractivity contribution in [2.75, 3.05) is 5.73 Å². The Morgan fingerprint density at radius 1 is 1.15 bits per heavy atom. The molecule has 20 heavy (non-hydrogen) atoms. The third-order valence-electron chi connectivity index (χ3n) is 3.09. The van der Waals surface area contributed by atoms with E-state index in [9.17, 15) is 13.2 Å². The molecule has 6 heteroatoms. The maximum atomic E-state index is 13.0. The highest BCUT2D eigenvalue weighted by molar-refractivity contribution is 5.63. The SMILES string of the molecule is CCc1nc(-c2ccccc2C(F)(F)F)nc(N)c1C. The van der Waals surface area contributed by atoms with E-state index in [-0.39, 0.29) is 17.2 Å². The van der Waals surface area contributed by atoms with Crippen LogP contribution < -0.4 is 5.73 Å². The molecule has 106 valence electrons. The molecule has 0 saturated carbocycles. The molecule has 0 fully saturated rings. The van der Waals surface area contributed by atoms with Gasteiger partial charge < -0.3 is 5.73 Å². The number of aryl methyl sites for hydroxylation is 1. The molecule has 0 aliphatic rings. The number of aromatic nitrogens is 2. The zero-order valence-corrected chi connectivity index (χ0v) is 11.1. The van der Waals surface area contributed by atoms with Crippen molar-refractivity contribution in [3.8, 4) is 11.4 Å². The van der Waals surface area contributed by atoms with Crippen LogP contribution >= 0.6 is 0 Å². The summed E-state index contributed by atoms with van der Waals surface area (Å²) in [7, 11) is 0. The molecule has 0 saturated heterocycles. The van der Waals surface area contributed by atoms with Crippen molar-refractivity contribution in [2.24, 2.45) is 0 Å². The standard InChI is InChI=1S/C14H14F3N3/c1-3-11-8(2)12(18)20-13(19-11)9-6-4-5-7-10(9)14(15,16)17/h4-7H,3H2,1-2H3,(H2,18,19,20). The van der Waals surface area contributed by atoms with Gasteiger partial charge in [-0.25, -0.2) is 9.97 Å². The van der Waals surface area contributed by atoms with Crippen LogP contribution in [0.2, 0.25) is 0 Å². The first kappa shape index (κ1) is 14.3. The van der Waals surface area contributed by atoms with Gasteiger partial charge in [0.1, 0.15) is 5.82 Å². The van der Waals surface area contributed by atoms with Crippen LogP contribution in [0.3, 0.4) is 0 Å². The molecule has 2 rings (SSSR count). The fourth-order valence-electron chi connectivity index (χ4n) is 1.97. The number of nitrogen functional groups attached to an aromatic ring is 1. The van der Waals surface area contributed by atoms with Gasteiger partial charge in [-0.1, -0.05) is 25.1 Å². The van der Waals surface area contributed by atoms with E-state index < -0.39 is 11.7 Å². The van der Waals surface area contributed by atoms with Crippen LogP contribution in [-0.2, 0) is 12.6 Å². The molecule has 0 spiro atoms. The normalized spacial score (nSPS) is 11.7. The van der Waals surface area contributed by atoms with Gasteiger partial charge in [-0.15, -0.1) is 0 Å². The summed E-state index contributed by atoms with van der Waals surface area (Å²) in [6.45, 7) is 3.63. The molecule has 2 N–H and O–H groups in total. The summed E-state index contributed by atoms with van der Waals surface area (Å²) in [6.07, 6.45) is -3.87. The van der Waals surface area contributed by atoms with Crippen molar-refractivity contribution in [1.29, 1.82) is 0 Å². The maximum Gasteiger partial charge on any atom is 0.417 e. The largest absolute Gasteiger partial charge is 0.417 e. The Morgan fingerprint density at radius 2 is 1.80 bits per heavy atom. The van der Waals surface area contributed by atoms with E-state index in [4.69, 9.17) is 5.73 Å². The monoisotopic (exact) mass is 281 g/mol. The maximum absolute atomic E-state index is 13.0. The van der Waals surface area contributed by atoms with Crippen LogP contribution in [0.25, 0.3) is 11.4 Å². The lowest BCUT2D eigenvalue weighted by atomic mass is 10.1. The van der Waals surface area contributed by atoms with E-state index in [2.05, 4.69) is 9.97 Å². The fraction of sp³-hybridized carbons (Fsp3) is 0.286. The topological polar surface area (TPSA) is 51.8 Å². The first-order chi connectivity index (χ1) is 9.34. The highest BCUT2D eigenvalue weighted by Crippen LogP contribution is 2.36. The second-order valence-corrected chi connectivity index (χ2v) is 4.40. The van der Waals surface area contributed by atoms with Gasteiger partial charge in [0.25, 0.3) is 0 Å². The molecule has 0 aliphatic carbocycles. The molecular formula is C14H14F3N3. The lowest BCUT2D eigenvalue weighted by molar-refractivity contribution is -0.137. The van der Waals surface area contributed by atoms with E-state index in [0.29, 0.717) is 17.7 Å². The molecule has 2 aromatic rings. The van der Waals surface area contributed by atoms with E-state index in [1.807, 2.05) is 6.92 Å². The smallest absolute Gasteiger partial charge is 0.383 e. The lowest BCUT2D eigenvalue weighted by Crippen LogP contribution is -2.10. The quantitative estimate of drug-likeness (QED) is 0.914. The zero-order valence-electron chi connectivity index (χ0n) is 11.1. The van der Waals surface area contributed by atoms with Crippen molar-refractivity contribution >= 4 is 5.82 Å². The summed E-state index contributed by atoms with van der Waals surface area (Å²) in [4.78, 5) is 8.20. The Kier molecular flexibility index (Phi) is 3.65. The second kappa shape index (κ2) is 5.11. The van der Waals surface area contributed by atoms with Crippen LogP contribution in [0, 0.1) is 6.92 Å². The highest BCUT2D eigenvalue weighted by Gasteiger charge is 2.34. The Morgan fingerprint density at radius 3 is 2.40 bits per heavy atom. The average molecular weight is 281 g/mol. The van der Waals surface area contributed by atoms with Crippen molar-refractivity contribution in [1.82, 2.24) is 9.97 Å². The minimum absolute atomic E-state index is 0.0119. The molecule has 1 aromatic carbocycles. The molecular weight excluding hydrogens is 267 g/mol. The molecule has 0 atom stereocenters. The number of nitrogens with two attached hydrogens (primary N) is 1. The van der Waals surface area contributed by atoms with Gasteiger partial charge in [-0.2, -0.15) is 13.2 Å². The van der Waals surface area contributed by atoms with Crippen molar-refractivity contribution < 1.29 is 13.2 Å². The number of anilines is 1. The minimum Gasteiger partial charge on any atom is -0.383 e. The van der Waals surface area contributed by atoms with Gasteiger partial charge in [0.05, 0.1) is 5.56 Å². The van der Waals surface area contributed by atoms with Crippen LogP contribution in [0.15, 0.2) is 24.3 Å². The van der Waals surface area contributed by atoms with Gasteiger partial charge in [-0.05, 0) is 19.4 Å². The number of hydrogen-bond donors (Lipinski definition) is 1. The van der Waals surface area contributed by atoms with Crippen molar-refractivity contribution in [2.45, 2.75) is 26.4 Å². The average Bonchev–Trinajstić information content (AvgIpc) is 2.40. The van der Waals surface area contributed by atoms with Crippen LogP contribution in [0.1, 0.15) is 23.7 Å². The number of alkyl halides is 3. The number of rotatable bonds is 2. The number of hydrogen-bond acceptors (Lipinski definition) is 3. The van der Waals surface area contributed by atoms with Crippen LogP contribution in [0.5, 0.6) is 0 Å². The molecule has 1 aromatic heterocycles. The minimum atomic E-state index is -4.45. The summed E-state index contributed by atoms with van der Waals surface area (Å²) < 4.78 is 39.0. The molecule has 0 unspecified atom stereocenters. The number of nitrogens with zero attached hydrogens (tertiary/aromatic N) is 2. The van der Waals surface area contributed by atoms with Crippen molar-refractivity contribution in [3.63, 3.8) is 0 Å². The molecule has 1 heterocycles. The van der Waals surface area contributed by atoms with Gasteiger partial charge in [0.15, 0.2) is 5.82 Å². The molecule has 0 bridgehead atoms. The van der Waals surface area contributed by atoms with Gasteiger partial charge in [0.2, 0.25) is 0 Å².